The highest BCUT2D eigenvalue weighted by atomic mass is 16.5. The van der Waals surface area contributed by atoms with Gasteiger partial charge in [-0.25, -0.2) is 4.79 Å². The van der Waals surface area contributed by atoms with E-state index < -0.39 is 12.1 Å². The van der Waals surface area contributed by atoms with Crippen molar-refractivity contribution in [2.45, 2.75) is 32.3 Å². The summed E-state index contributed by atoms with van der Waals surface area (Å²) in [5, 5.41) is 18.9. The van der Waals surface area contributed by atoms with E-state index in [-0.39, 0.29) is 24.2 Å². The van der Waals surface area contributed by atoms with Crippen LogP contribution in [0.1, 0.15) is 36.7 Å². The SMILES string of the molecule is CC(C)(C)c1ccc(OCC(O)COc2cccc(C(=O)O)c2)cc1. The zero-order valence-electron chi connectivity index (χ0n) is 14.7. The van der Waals surface area contributed by atoms with Crippen LogP contribution in [0, 0.1) is 0 Å². The summed E-state index contributed by atoms with van der Waals surface area (Å²) in [6.45, 7) is 6.53. The van der Waals surface area contributed by atoms with Gasteiger partial charge in [0.25, 0.3) is 0 Å². The molecule has 0 heterocycles. The minimum atomic E-state index is -1.02. The summed E-state index contributed by atoms with van der Waals surface area (Å²) in [6.07, 6.45) is -0.823. The Balaban J connectivity index is 1.82. The van der Waals surface area contributed by atoms with Crippen molar-refractivity contribution in [3.8, 4) is 11.5 Å². The van der Waals surface area contributed by atoms with Gasteiger partial charge in [-0.15, -0.1) is 0 Å². The molecule has 0 saturated carbocycles. The number of ether oxygens (including phenoxy) is 2. The lowest BCUT2D eigenvalue weighted by molar-refractivity contribution is 0.0623. The standard InChI is InChI=1S/C20H24O5/c1-20(2,3)15-7-9-17(10-8-15)24-12-16(21)13-25-18-6-4-5-14(11-18)19(22)23/h4-11,16,21H,12-13H2,1-3H3,(H,22,23). The molecule has 0 fully saturated rings. The second kappa shape index (κ2) is 8.03. The fourth-order valence-electron chi connectivity index (χ4n) is 2.20. The number of hydrogen-bond acceptors (Lipinski definition) is 4. The summed E-state index contributed by atoms with van der Waals surface area (Å²) in [5.74, 6) is 0.0569. The molecule has 0 spiro atoms. The van der Waals surface area contributed by atoms with Crippen LogP contribution < -0.4 is 9.47 Å². The summed E-state index contributed by atoms with van der Waals surface area (Å²) in [6, 6.07) is 13.9. The molecule has 2 N–H and O–H groups in total. The van der Waals surface area contributed by atoms with Gasteiger partial charge in [-0.3, -0.25) is 0 Å². The molecule has 5 heteroatoms. The number of benzene rings is 2. The summed E-state index contributed by atoms with van der Waals surface area (Å²) in [5.41, 5.74) is 1.43. The fourth-order valence-corrected chi connectivity index (χ4v) is 2.20. The highest BCUT2D eigenvalue weighted by molar-refractivity contribution is 5.87. The van der Waals surface area contributed by atoms with E-state index >= 15 is 0 Å². The predicted octanol–water partition coefficient (Wildman–Crippen LogP) is 3.50. The number of rotatable bonds is 7. The van der Waals surface area contributed by atoms with Crippen LogP contribution in [0.25, 0.3) is 0 Å². The zero-order valence-corrected chi connectivity index (χ0v) is 14.7. The number of aliphatic hydroxyl groups excluding tert-OH is 1. The van der Waals surface area contributed by atoms with E-state index in [1.54, 1.807) is 12.1 Å². The monoisotopic (exact) mass is 344 g/mol. The molecular weight excluding hydrogens is 320 g/mol. The van der Waals surface area contributed by atoms with Gasteiger partial charge < -0.3 is 19.7 Å². The lowest BCUT2D eigenvalue weighted by Gasteiger charge is -2.19. The van der Waals surface area contributed by atoms with Crippen LogP contribution >= 0.6 is 0 Å². The van der Waals surface area contributed by atoms with E-state index in [0.29, 0.717) is 11.5 Å². The molecule has 0 amide bonds. The maximum absolute atomic E-state index is 10.9. The first-order valence-electron chi connectivity index (χ1n) is 8.13. The number of carbonyl (C=O) groups is 1. The normalized spacial score (nSPS) is 12.5. The van der Waals surface area contributed by atoms with Crippen molar-refractivity contribution < 1.29 is 24.5 Å². The molecule has 2 rings (SSSR count). The predicted molar refractivity (Wildman–Crippen MR) is 95.5 cm³/mol. The van der Waals surface area contributed by atoms with Gasteiger partial charge in [0.2, 0.25) is 0 Å². The number of aromatic carboxylic acids is 1. The van der Waals surface area contributed by atoms with Crippen molar-refractivity contribution in [1.82, 2.24) is 0 Å². The van der Waals surface area contributed by atoms with Crippen molar-refractivity contribution in [2.75, 3.05) is 13.2 Å². The molecule has 0 saturated heterocycles. The third-order valence-electron chi connectivity index (χ3n) is 3.69. The van der Waals surface area contributed by atoms with Crippen LogP contribution in [0.5, 0.6) is 11.5 Å². The molecule has 2 aromatic carbocycles. The Morgan fingerprint density at radius 1 is 1.00 bits per heavy atom. The van der Waals surface area contributed by atoms with Gasteiger partial charge in [0.1, 0.15) is 30.8 Å². The van der Waals surface area contributed by atoms with E-state index in [4.69, 9.17) is 14.6 Å². The van der Waals surface area contributed by atoms with Crippen molar-refractivity contribution in [3.05, 3.63) is 59.7 Å². The largest absolute Gasteiger partial charge is 0.491 e. The molecule has 1 atom stereocenters. The first-order valence-corrected chi connectivity index (χ1v) is 8.13. The highest BCUT2D eigenvalue weighted by Gasteiger charge is 2.13. The van der Waals surface area contributed by atoms with E-state index in [1.807, 2.05) is 24.3 Å². The molecule has 5 nitrogen and oxygen atoms in total. The molecule has 2 aromatic rings. The van der Waals surface area contributed by atoms with E-state index in [2.05, 4.69) is 20.8 Å². The first kappa shape index (κ1) is 18.8. The van der Waals surface area contributed by atoms with Gasteiger partial charge in [-0.1, -0.05) is 39.0 Å². The Bertz CT molecular complexity index is 701. The van der Waals surface area contributed by atoms with Gasteiger partial charge in [-0.2, -0.15) is 0 Å². The van der Waals surface area contributed by atoms with Crippen LogP contribution in [-0.4, -0.2) is 35.5 Å². The number of hydrogen-bond donors (Lipinski definition) is 2. The molecule has 134 valence electrons. The Morgan fingerprint density at radius 3 is 2.16 bits per heavy atom. The number of carboxylic acid groups (broad SMARTS) is 1. The Kier molecular flexibility index (Phi) is 6.04. The van der Waals surface area contributed by atoms with Crippen LogP contribution in [0.3, 0.4) is 0 Å². The van der Waals surface area contributed by atoms with E-state index in [9.17, 15) is 9.90 Å². The molecular formula is C20H24O5. The van der Waals surface area contributed by atoms with Crippen LogP contribution in [0.4, 0.5) is 0 Å². The zero-order chi connectivity index (χ0) is 18.4. The maximum atomic E-state index is 10.9. The number of aliphatic hydroxyl groups is 1. The third-order valence-corrected chi connectivity index (χ3v) is 3.69. The van der Waals surface area contributed by atoms with Gasteiger partial charge in [0, 0.05) is 0 Å². The Morgan fingerprint density at radius 2 is 1.60 bits per heavy atom. The Hall–Kier alpha value is -2.53. The molecule has 0 aliphatic carbocycles. The first-order chi connectivity index (χ1) is 11.8. The van der Waals surface area contributed by atoms with Crippen LogP contribution in [0.2, 0.25) is 0 Å². The smallest absolute Gasteiger partial charge is 0.335 e. The molecule has 0 aromatic heterocycles. The minimum absolute atomic E-state index is 0.0170. The minimum Gasteiger partial charge on any atom is -0.491 e. The molecule has 1 unspecified atom stereocenters. The summed E-state index contributed by atoms with van der Waals surface area (Å²) < 4.78 is 11.0. The highest BCUT2D eigenvalue weighted by Crippen LogP contribution is 2.24. The topological polar surface area (TPSA) is 76.0 Å². The summed E-state index contributed by atoms with van der Waals surface area (Å²) in [7, 11) is 0. The van der Waals surface area contributed by atoms with Crippen LogP contribution in [0.15, 0.2) is 48.5 Å². The van der Waals surface area contributed by atoms with E-state index in [0.717, 1.165) is 0 Å². The average molecular weight is 344 g/mol. The quantitative estimate of drug-likeness (QED) is 0.804. The second-order valence-electron chi connectivity index (χ2n) is 6.88. The van der Waals surface area contributed by atoms with Crippen molar-refractivity contribution in [2.24, 2.45) is 0 Å². The molecule has 0 bridgehead atoms. The van der Waals surface area contributed by atoms with Crippen molar-refractivity contribution >= 4 is 5.97 Å². The molecule has 0 radical (unpaired) electrons. The lowest BCUT2D eigenvalue weighted by Crippen LogP contribution is -2.25. The third kappa shape index (κ3) is 5.80. The lowest BCUT2D eigenvalue weighted by atomic mass is 9.87. The Labute approximate surface area is 147 Å². The number of carboxylic acids is 1. The summed E-state index contributed by atoms with van der Waals surface area (Å²) >= 11 is 0. The average Bonchev–Trinajstić information content (AvgIpc) is 2.58. The van der Waals surface area contributed by atoms with Gasteiger partial charge in [-0.05, 0) is 41.3 Å². The van der Waals surface area contributed by atoms with Gasteiger partial charge >= 0.3 is 5.97 Å². The van der Waals surface area contributed by atoms with Gasteiger partial charge in [0.05, 0.1) is 5.56 Å². The molecule has 25 heavy (non-hydrogen) atoms. The van der Waals surface area contributed by atoms with Crippen LogP contribution in [-0.2, 0) is 5.41 Å². The molecule has 0 aliphatic heterocycles. The summed E-state index contributed by atoms with van der Waals surface area (Å²) in [4.78, 5) is 10.9. The second-order valence-corrected chi connectivity index (χ2v) is 6.88. The van der Waals surface area contributed by atoms with Gasteiger partial charge in [0.15, 0.2) is 0 Å². The maximum Gasteiger partial charge on any atom is 0.335 e. The fraction of sp³-hybridized carbons (Fsp3) is 0.350. The van der Waals surface area contributed by atoms with Crippen molar-refractivity contribution in [1.29, 1.82) is 0 Å². The molecule has 0 aliphatic rings. The van der Waals surface area contributed by atoms with E-state index in [1.165, 1.54) is 17.7 Å². The van der Waals surface area contributed by atoms with Crippen molar-refractivity contribution in [3.63, 3.8) is 0 Å².